The Labute approximate surface area is 135 Å². The standard InChI is InChI=1S/C16H19O2PS2/c17-19(20,18-13-11-15-7-3-1-4-8-15)21-14-12-16-9-5-2-6-10-16/h1-10H,11-14H2,(H,17,20). The van der Waals surface area contributed by atoms with Gasteiger partial charge in [0.2, 0.25) is 5.69 Å². The molecule has 5 heteroatoms. The van der Waals surface area contributed by atoms with Crippen molar-refractivity contribution in [1.29, 1.82) is 0 Å². The Hall–Kier alpha value is -0.640. The first kappa shape index (κ1) is 16.7. The number of aryl methyl sites for hydroxylation is 1. The minimum absolute atomic E-state index is 0.468. The molecule has 0 aliphatic carbocycles. The van der Waals surface area contributed by atoms with E-state index < -0.39 is 5.69 Å². The molecule has 1 atom stereocenters. The second-order valence-corrected chi connectivity index (χ2v) is 10.9. The highest BCUT2D eigenvalue weighted by molar-refractivity contribution is 8.67. The molecule has 21 heavy (non-hydrogen) atoms. The second-order valence-electron chi connectivity index (χ2n) is 4.61. The summed E-state index contributed by atoms with van der Waals surface area (Å²) in [4.78, 5) is 10.1. The van der Waals surface area contributed by atoms with Gasteiger partial charge in [0, 0.05) is 5.75 Å². The summed E-state index contributed by atoms with van der Waals surface area (Å²) in [5.74, 6) is 0.781. The minimum Gasteiger partial charge on any atom is -0.337 e. The van der Waals surface area contributed by atoms with Crippen LogP contribution in [0.5, 0.6) is 0 Å². The van der Waals surface area contributed by atoms with Crippen LogP contribution in [0.3, 0.4) is 0 Å². The fourth-order valence-electron chi connectivity index (χ4n) is 1.88. The van der Waals surface area contributed by atoms with Crippen LogP contribution in [0, 0.1) is 0 Å². The SMILES string of the molecule is OP(=S)(OCCc1ccccc1)SCCc1ccccc1. The smallest absolute Gasteiger partial charge is 0.244 e. The lowest BCUT2D eigenvalue weighted by Gasteiger charge is -2.15. The quantitative estimate of drug-likeness (QED) is 0.721. The van der Waals surface area contributed by atoms with Crippen molar-refractivity contribution in [3.8, 4) is 0 Å². The maximum atomic E-state index is 10.1. The molecule has 0 aromatic heterocycles. The monoisotopic (exact) mass is 338 g/mol. The molecule has 2 nitrogen and oxygen atoms in total. The fraction of sp³-hybridized carbons (Fsp3) is 0.250. The van der Waals surface area contributed by atoms with Gasteiger partial charge in [-0.25, -0.2) is 0 Å². The summed E-state index contributed by atoms with van der Waals surface area (Å²) in [6.45, 7) is 0.468. The molecule has 0 aliphatic rings. The Morgan fingerprint density at radius 3 is 2.00 bits per heavy atom. The van der Waals surface area contributed by atoms with Crippen LogP contribution in [-0.4, -0.2) is 17.3 Å². The molecular weight excluding hydrogens is 319 g/mol. The molecular formula is C16H19O2PS2. The van der Waals surface area contributed by atoms with Crippen molar-refractivity contribution in [1.82, 2.24) is 0 Å². The Morgan fingerprint density at radius 2 is 1.43 bits per heavy atom. The van der Waals surface area contributed by atoms with E-state index in [0.29, 0.717) is 6.61 Å². The highest BCUT2D eigenvalue weighted by Gasteiger charge is 2.14. The van der Waals surface area contributed by atoms with Crippen molar-refractivity contribution >= 4 is 28.9 Å². The Bertz CT molecular complexity index is 526. The first-order valence-electron chi connectivity index (χ1n) is 6.85. The summed E-state index contributed by atoms with van der Waals surface area (Å²) in [6.07, 6.45) is 1.67. The van der Waals surface area contributed by atoms with Gasteiger partial charge in [0.15, 0.2) is 0 Å². The normalized spacial score (nSPS) is 13.8. The first-order chi connectivity index (χ1) is 10.2. The van der Waals surface area contributed by atoms with E-state index in [9.17, 15) is 4.89 Å². The molecule has 0 saturated carbocycles. The van der Waals surface area contributed by atoms with E-state index in [1.54, 1.807) is 0 Å². The zero-order valence-corrected chi connectivity index (χ0v) is 14.2. The van der Waals surface area contributed by atoms with Gasteiger partial charge < -0.3 is 9.42 Å². The lowest BCUT2D eigenvalue weighted by molar-refractivity contribution is 0.324. The lowest BCUT2D eigenvalue weighted by Crippen LogP contribution is -1.96. The second kappa shape index (κ2) is 8.72. The van der Waals surface area contributed by atoms with Gasteiger partial charge in [-0.2, -0.15) is 0 Å². The van der Waals surface area contributed by atoms with Gasteiger partial charge in [-0.3, -0.25) is 0 Å². The maximum absolute atomic E-state index is 10.1. The van der Waals surface area contributed by atoms with Gasteiger partial charge in [0.05, 0.1) is 6.61 Å². The average molecular weight is 338 g/mol. The first-order valence-corrected chi connectivity index (χ1v) is 11.1. The summed E-state index contributed by atoms with van der Waals surface area (Å²) in [5, 5.41) is 0. The summed E-state index contributed by atoms with van der Waals surface area (Å²) in [7, 11) is 0. The molecule has 112 valence electrons. The average Bonchev–Trinajstić information content (AvgIpc) is 2.49. The van der Waals surface area contributed by atoms with Crippen LogP contribution in [0.25, 0.3) is 0 Å². The topological polar surface area (TPSA) is 29.5 Å². The van der Waals surface area contributed by atoms with Gasteiger partial charge in [-0.1, -0.05) is 72.0 Å². The van der Waals surface area contributed by atoms with E-state index >= 15 is 0 Å². The van der Waals surface area contributed by atoms with E-state index in [1.807, 2.05) is 48.5 Å². The van der Waals surface area contributed by atoms with Crippen LogP contribution in [0.1, 0.15) is 11.1 Å². The third kappa shape index (κ3) is 6.77. The van der Waals surface area contributed by atoms with E-state index in [1.165, 1.54) is 22.5 Å². The Balaban J connectivity index is 1.68. The third-order valence-corrected chi connectivity index (χ3v) is 7.31. The van der Waals surface area contributed by atoms with Crippen molar-refractivity contribution in [2.24, 2.45) is 0 Å². The molecule has 0 amide bonds. The van der Waals surface area contributed by atoms with E-state index in [-0.39, 0.29) is 0 Å². The van der Waals surface area contributed by atoms with E-state index in [0.717, 1.165) is 18.6 Å². The van der Waals surface area contributed by atoms with Crippen LogP contribution in [0.15, 0.2) is 60.7 Å². The summed E-state index contributed by atoms with van der Waals surface area (Å²) in [6, 6.07) is 20.3. The molecule has 0 heterocycles. The lowest BCUT2D eigenvalue weighted by atomic mass is 10.2. The number of rotatable bonds is 8. The van der Waals surface area contributed by atoms with Gasteiger partial charge in [-0.15, -0.1) is 0 Å². The highest BCUT2D eigenvalue weighted by atomic mass is 32.9. The van der Waals surface area contributed by atoms with Crippen molar-refractivity contribution < 1.29 is 9.42 Å². The Kier molecular flexibility index (Phi) is 6.94. The van der Waals surface area contributed by atoms with Gasteiger partial charge in [0.1, 0.15) is 0 Å². The molecule has 2 aromatic rings. The Morgan fingerprint density at radius 1 is 0.905 bits per heavy atom. The maximum Gasteiger partial charge on any atom is 0.244 e. The number of hydrogen-bond donors (Lipinski definition) is 1. The fourth-order valence-corrected chi connectivity index (χ4v) is 5.15. The molecule has 0 radical (unpaired) electrons. The van der Waals surface area contributed by atoms with Crippen molar-refractivity contribution in [3.05, 3.63) is 71.8 Å². The summed E-state index contributed by atoms with van der Waals surface area (Å²) in [5.41, 5.74) is -0.266. The zero-order valence-electron chi connectivity index (χ0n) is 11.7. The van der Waals surface area contributed by atoms with Crippen LogP contribution in [0.2, 0.25) is 0 Å². The summed E-state index contributed by atoms with van der Waals surface area (Å²) >= 11 is 6.55. The van der Waals surface area contributed by atoms with E-state index in [2.05, 4.69) is 12.1 Å². The molecule has 0 spiro atoms. The number of benzene rings is 2. The molecule has 1 N–H and O–H groups in total. The molecule has 0 bridgehead atoms. The largest absolute Gasteiger partial charge is 0.337 e. The molecule has 0 fully saturated rings. The molecule has 1 unspecified atom stereocenters. The zero-order chi connectivity index (χ0) is 15.0. The summed E-state index contributed by atoms with van der Waals surface area (Å²) < 4.78 is 5.52. The van der Waals surface area contributed by atoms with Gasteiger partial charge in [0.25, 0.3) is 0 Å². The van der Waals surface area contributed by atoms with Crippen molar-refractivity contribution in [2.75, 3.05) is 12.4 Å². The van der Waals surface area contributed by atoms with Crippen LogP contribution >= 0.6 is 17.1 Å². The predicted octanol–water partition coefficient (Wildman–Crippen LogP) is 4.44. The highest BCUT2D eigenvalue weighted by Crippen LogP contribution is 2.56. The molecule has 2 aromatic carbocycles. The van der Waals surface area contributed by atoms with Gasteiger partial charge in [-0.05, 0) is 35.8 Å². The molecule has 0 aliphatic heterocycles. The molecule has 0 saturated heterocycles. The van der Waals surface area contributed by atoms with Crippen molar-refractivity contribution in [3.63, 3.8) is 0 Å². The third-order valence-electron chi connectivity index (χ3n) is 2.98. The molecule has 2 rings (SSSR count). The van der Waals surface area contributed by atoms with Crippen LogP contribution in [-0.2, 0) is 29.2 Å². The van der Waals surface area contributed by atoms with Gasteiger partial charge >= 0.3 is 0 Å². The number of hydrogen-bond acceptors (Lipinski definition) is 3. The van der Waals surface area contributed by atoms with Crippen molar-refractivity contribution in [2.45, 2.75) is 12.8 Å². The van der Waals surface area contributed by atoms with Crippen LogP contribution < -0.4 is 0 Å². The van der Waals surface area contributed by atoms with Crippen LogP contribution in [0.4, 0.5) is 0 Å². The predicted molar refractivity (Wildman–Crippen MR) is 95.2 cm³/mol. The minimum atomic E-state index is -2.72. The van der Waals surface area contributed by atoms with E-state index in [4.69, 9.17) is 16.3 Å².